The van der Waals surface area contributed by atoms with Crippen molar-refractivity contribution in [1.29, 1.82) is 0 Å². The van der Waals surface area contributed by atoms with Crippen LogP contribution in [0.15, 0.2) is 53.0 Å². The van der Waals surface area contributed by atoms with Crippen molar-refractivity contribution >= 4 is 40.0 Å². The summed E-state index contributed by atoms with van der Waals surface area (Å²) in [6, 6.07) is 13.8. The summed E-state index contributed by atoms with van der Waals surface area (Å²) in [7, 11) is 2.76. The summed E-state index contributed by atoms with van der Waals surface area (Å²) in [5.41, 5.74) is 0.444. The molecule has 0 heterocycles. The van der Waals surface area contributed by atoms with Gasteiger partial charge in [0.05, 0.1) is 13.2 Å². The van der Waals surface area contributed by atoms with Crippen molar-refractivity contribution in [3.05, 3.63) is 64.1 Å². The number of unbranched alkanes of at least 4 members (excludes halogenated alkanes) is 1. The third kappa shape index (κ3) is 13.2. The van der Waals surface area contributed by atoms with Crippen LogP contribution in [0.5, 0.6) is 5.75 Å². The highest BCUT2D eigenvalue weighted by atomic mass is 79.9. The number of methoxy groups -OCH3 is 1. The van der Waals surface area contributed by atoms with Gasteiger partial charge in [-0.15, -0.1) is 0 Å². The van der Waals surface area contributed by atoms with Gasteiger partial charge >= 0.3 is 18.2 Å². The molecule has 11 nitrogen and oxygen atoms in total. The molecule has 0 radical (unpaired) electrons. The predicted molar refractivity (Wildman–Crippen MR) is 160 cm³/mol. The van der Waals surface area contributed by atoms with E-state index in [-0.39, 0.29) is 25.3 Å². The Kier molecular flexibility index (Phi) is 14.1. The average Bonchev–Trinajstić information content (AvgIpc) is 2.93. The maximum Gasteiger partial charge on any atom is 0.410 e. The zero-order valence-electron chi connectivity index (χ0n) is 24.7. The second-order valence-corrected chi connectivity index (χ2v) is 11.4. The molecule has 0 unspecified atom stereocenters. The van der Waals surface area contributed by atoms with Gasteiger partial charge in [0.25, 0.3) is 0 Å². The number of halogens is 1. The number of amides is 3. The molecule has 0 saturated carbocycles. The van der Waals surface area contributed by atoms with Crippen LogP contribution in [0.4, 0.5) is 9.59 Å². The monoisotopic (exact) mass is 649 g/mol. The van der Waals surface area contributed by atoms with Gasteiger partial charge in [-0.3, -0.25) is 4.79 Å². The lowest BCUT2D eigenvalue weighted by atomic mass is 10.1. The molecule has 12 heteroatoms. The zero-order chi connectivity index (χ0) is 31.1. The number of alkyl carbamates (subject to hydrolysis) is 1. The van der Waals surface area contributed by atoms with Crippen molar-refractivity contribution in [2.75, 3.05) is 33.9 Å². The molecule has 0 fully saturated rings. The van der Waals surface area contributed by atoms with E-state index in [1.807, 2.05) is 30.3 Å². The minimum Gasteiger partial charge on any atom is -0.491 e. The summed E-state index contributed by atoms with van der Waals surface area (Å²) in [5, 5.41) is 5.62. The topological polar surface area (TPSA) is 132 Å². The third-order valence-electron chi connectivity index (χ3n) is 5.70. The van der Waals surface area contributed by atoms with E-state index in [4.69, 9.17) is 18.9 Å². The normalized spacial score (nSPS) is 11.6. The highest BCUT2D eigenvalue weighted by molar-refractivity contribution is 9.10. The molecule has 2 rings (SSSR count). The Bertz CT molecular complexity index is 1190. The first-order chi connectivity index (χ1) is 19.9. The van der Waals surface area contributed by atoms with Crippen molar-refractivity contribution in [3.8, 4) is 5.75 Å². The molecule has 230 valence electrons. The van der Waals surface area contributed by atoms with Gasteiger partial charge in [0.1, 0.15) is 36.7 Å². The van der Waals surface area contributed by atoms with Gasteiger partial charge in [-0.2, -0.15) is 0 Å². The van der Waals surface area contributed by atoms with Crippen LogP contribution < -0.4 is 15.4 Å². The molecule has 0 bridgehead atoms. The fourth-order valence-corrected chi connectivity index (χ4v) is 4.00. The van der Waals surface area contributed by atoms with Gasteiger partial charge in [-0.05, 0) is 63.8 Å². The number of ether oxygens (including phenoxy) is 4. The third-order valence-corrected chi connectivity index (χ3v) is 6.19. The van der Waals surface area contributed by atoms with E-state index in [2.05, 4.69) is 26.6 Å². The highest BCUT2D eigenvalue weighted by Crippen LogP contribution is 2.25. The Labute approximate surface area is 255 Å². The predicted octanol–water partition coefficient (Wildman–Crippen LogP) is 5.06. The Morgan fingerprint density at radius 3 is 2.40 bits per heavy atom. The molecule has 0 aliphatic carbocycles. The summed E-state index contributed by atoms with van der Waals surface area (Å²) in [6.07, 6.45) is 0.631. The van der Waals surface area contributed by atoms with Crippen molar-refractivity contribution in [3.63, 3.8) is 0 Å². The maximum absolute atomic E-state index is 12.8. The van der Waals surface area contributed by atoms with E-state index in [0.29, 0.717) is 36.0 Å². The standard InChI is InChI=1S/C30H40BrN3O8/c1-30(2,3)42-29(38)34(4)18-26(35)33-23(20-40-25-17-22(31)14-15-24(25)27(36)39-5)13-9-10-16-32-28(37)41-19-21-11-7-6-8-12-21/h6-8,11-12,14-15,17,23H,9-10,13,16,18-20H2,1-5H3,(H,32,37)(H,33,35)/t23-/m0/s1. The minimum atomic E-state index is -0.693. The lowest BCUT2D eigenvalue weighted by Gasteiger charge is -2.25. The van der Waals surface area contributed by atoms with Crippen molar-refractivity contribution in [2.45, 2.75) is 58.3 Å². The largest absolute Gasteiger partial charge is 0.491 e. The number of rotatable bonds is 14. The molecule has 0 aliphatic heterocycles. The summed E-state index contributed by atoms with van der Waals surface area (Å²) >= 11 is 3.38. The van der Waals surface area contributed by atoms with Gasteiger partial charge in [-0.1, -0.05) is 46.3 Å². The average molecular weight is 651 g/mol. The van der Waals surface area contributed by atoms with E-state index in [0.717, 1.165) is 5.56 Å². The molecule has 0 aliphatic rings. The molecule has 2 aromatic carbocycles. The van der Waals surface area contributed by atoms with Crippen LogP contribution in [0.1, 0.15) is 56.0 Å². The van der Waals surface area contributed by atoms with E-state index in [1.54, 1.807) is 39.0 Å². The molecule has 2 aromatic rings. The Balaban J connectivity index is 1.94. The Hall–Kier alpha value is -3.80. The number of nitrogens with zero attached hydrogens (tertiary/aromatic N) is 1. The number of likely N-dealkylation sites (N-methyl/N-ethyl adjacent to an activating group) is 1. The van der Waals surface area contributed by atoms with Crippen LogP contribution in [0.3, 0.4) is 0 Å². The first-order valence-electron chi connectivity index (χ1n) is 13.6. The van der Waals surface area contributed by atoms with Crippen LogP contribution in [0.25, 0.3) is 0 Å². The number of nitrogens with one attached hydrogen (secondary N) is 2. The SMILES string of the molecule is COC(=O)c1ccc(Br)cc1OC[C@H](CCCCNC(=O)OCc1ccccc1)NC(=O)CN(C)C(=O)OC(C)(C)C. The fourth-order valence-electron chi connectivity index (χ4n) is 3.66. The Morgan fingerprint density at radius 1 is 1.02 bits per heavy atom. The van der Waals surface area contributed by atoms with Crippen LogP contribution in [-0.2, 0) is 25.6 Å². The summed E-state index contributed by atoms with van der Waals surface area (Å²) in [5.74, 6) is -0.659. The van der Waals surface area contributed by atoms with Crippen LogP contribution in [-0.4, -0.2) is 74.5 Å². The molecular weight excluding hydrogens is 610 g/mol. The quantitative estimate of drug-likeness (QED) is 0.165. The summed E-state index contributed by atoms with van der Waals surface area (Å²) in [6.45, 7) is 5.63. The zero-order valence-corrected chi connectivity index (χ0v) is 26.3. The molecule has 2 N–H and O–H groups in total. The van der Waals surface area contributed by atoms with Gasteiger partial charge in [0.2, 0.25) is 5.91 Å². The molecule has 0 saturated heterocycles. The summed E-state index contributed by atoms with van der Waals surface area (Å²) < 4.78 is 22.0. The first-order valence-corrected chi connectivity index (χ1v) is 14.4. The lowest BCUT2D eigenvalue weighted by molar-refractivity contribution is -0.123. The molecule has 0 aromatic heterocycles. The van der Waals surface area contributed by atoms with Gasteiger partial charge in [-0.25, -0.2) is 14.4 Å². The van der Waals surface area contributed by atoms with Crippen LogP contribution >= 0.6 is 15.9 Å². The molecule has 1 atom stereocenters. The van der Waals surface area contributed by atoms with E-state index in [9.17, 15) is 19.2 Å². The number of benzene rings is 2. The molecule has 42 heavy (non-hydrogen) atoms. The first kappa shape index (κ1) is 34.4. The van der Waals surface area contributed by atoms with E-state index in [1.165, 1.54) is 19.1 Å². The number of carbonyl (C=O) groups excluding carboxylic acids is 4. The fraction of sp³-hybridized carbons (Fsp3) is 0.467. The lowest BCUT2D eigenvalue weighted by Crippen LogP contribution is -2.46. The maximum atomic E-state index is 12.8. The molecule has 3 amide bonds. The van der Waals surface area contributed by atoms with E-state index >= 15 is 0 Å². The second-order valence-electron chi connectivity index (χ2n) is 10.5. The van der Waals surface area contributed by atoms with Crippen LogP contribution in [0, 0.1) is 0 Å². The minimum absolute atomic E-state index is 0.0505. The number of carbonyl (C=O) groups is 4. The number of hydrogen-bond donors (Lipinski definition) is 2. The molecular formula is C30H40BrN3O8. The summed E-state index contributed by atoms with van der Waals surface area (Å²) in [4.78, 5) is 50.5. The van der Waals surface area contributed by atoms with Gasteiger partial charge in [0.15, 0.2) is 0 Å². The van der Waals surface area contributed by atoms with E-state index < -0.39 is 35.7 Å². The van der Waals surface area contributed by atoms with Crippen molar-refractivity contribution in [2.24, 2.45) is 0 Å². The number of esters is 1. The van der Waals surface area contributed by atoms with Crippen molar-refractivity contribution in [1.82, 2.24) is 15.5 Å². The van der Waals surface area contributed by atoms with Gasteiger partial charge in [0, 0.05) is 18.1 Å². The van der Waals surface area contributed by atoms with Crippen molar-refractivity contribution < 1.29 is 38.1 Å². The Morgan fingerprint density at radius 2 is 1.74 bits per heavy atom. The second kappa shape index (κ2) is 17.2. The number of hydrogen-bond acceptors (Lipinski definition) is 8. The van der Waals surface area contributed by atoms with Gasteiger partial charge < -0.3 is 34.5 Å². The van der Waals surface area contributed by atoms with Crippen LogP contribution in [0.2, 0.25) is 0 Å². The highest BCUT2D eigenvalue weighted by Gasteiger charge is 2.23. The smallest absolute Gasteiger partial charge is 0.410 e. The molecule has 0 spiro atoms.